The van der Waals surface area contributed by atoms with Crippen molar-refractivity contribution in [1.29, 1.82) is 0 Å². The summed E-state index contributed by atoms with van der Waals surface area (Å²) in [6, 6.07) is 21.4. The van der Waals surface area contributed by atoms with Gasteiger partial charge in [-0.3, -0.25) is 18.7 Å². The van der Waals surface area contributed by atoms with Crippen molar-refractivity contribution in [2.75, 3.05) is 0 Å². The number of halogens is 2. The first-order chi connectivity index (χ1) is 15.9. The molecule has 8 heteroatoms. The molecular formula is C25H21Cl2N3O3. The van der Waals surface area contributed by atoms with Crippen LogP contribution in [0.3, 0.4) is 0 Å². The van der Waals surface area contributed by atoms with Crippen LogP contribution in [0.4, 0.5) is 0 Å². The summed E-state index contributed by atoms with van der Waals surface area (Å²) in [5.74, 6) is -0.279. The van der Waals surface area contributed by atoms with Gasteiger partial charge < -0.3 is 5.32 Å². The van der Waals surface area contributed by atoms with Crippen LogP contribution in [0.1, 0.15) is 17.5 Å². The molecule has 3 aromatic carbocycles. The van der Waals surface area contributed by atoms with Gasteiger partial charge in [-0.1, -0.05) is 65.7 Å². The smallest absolute Gasteiger partial charge is 0.331 e. The summed E-state index contributed by atoms with van der Waals surface area (Å²) in [5.41, 5.74) is 1.33. The molecular weight excluding hydrogens is 461 g/mol. The van der Waals surface area contributed by atoms with Crippen LogP contribution in [-0.4, -0.2) is 15.0 Å². The minimum absolute atomic E-state index is 0.0150. The van der Waals surface area contributed by atoms with E-state index in [1.807, 2.05) is 30.3 Å². The lowest BCUT2D eigenvalue weighted by atomic mass is 10.2. The fourth-order valence-corrected chi connectivity index (χ4v) is 3.96. The summed E-state index contributed by atoms with van der Waals surface area (Å²) in [5, 5.41) is 4.37. The van der Waals surface area contributed by atoms with E-state index < -0.39 is 11.2 Å². The quantitative estimate of drug-likeness (QED) is 0.429. The molecule has 0 atom stereocenters. The molecule has 0 aliphatic rings. The summed E-state index contributed by atoms with van der Waals surface area (Å²) in [7, 11) is 0. The average Bonchev–Trinajstić information content (AvgIpc) is 2.82. The molecule has 1 aromatic heterocycles. The van der Waals surface area contributed by atoms with Gasteiger partial charge >= 0.3 is 5.69 Å². The molecule has 33 heavy (non-hydrogen) atoms. The van der Waals surface area contributed by atoms with Crippen LogP contribution < -0.4 is 16.6 Å². The Bertz CT molecular complexity index is 1430. The number of benzene rings is 3. The lowest BCUT2D eigenvalue weighted by Gasteiger charge is -2.14. The Hall–Kier alpha value is -3.35. The van der Waals surface area contributed by atoms with Gasteiger partial charge in [0.15, 0.2) is 0 Å². The number of para-hydroxylation sites is 1. The van der Waals surface area contributed by atoms with Crippen molar-refractivity contribution in [1.82, 2.24) is 14.5 Å². The standard InChI is InChI=1S/C25H21Cl2N3O3/c26-19-11-9-17(10-12-19)16-30-22-8-4-2-6-20(22)24(32)29(25(30)33)14-13-23(31)28-15-18-5-1-3-7-21(18)27/h1-12H,13-16H2,(H,28,31). The number of carbonyl (C=O) groups excluding carboxylic acids is 1. The number of aromatic nitrogens is 2. The van der Waals surface area contributed by atoms with Crippen LogP contribution in [0.5, 0.6) is 0 Å². The number of hydrogen-bond acceptors (Lipinski definition) is 3. The zero-order chi connectivity index (χ0) is 23.4. The molecule has 1 amide bonds. The molecule has 1 heterocycles. The molecule has 4 aromatic rings. The third kappa shape index (κ3) is 5.18. The second kappa shape index (κ2) is 10.1. The van der Waals surface area contributed by atoms with Crippen LogP contribution in [-0.2, 0) is 24.4 Å². The molecule has 0 saturated carbocycles. The fourth-order valence-electron chi connectivity index (χ4n) is 3.63. The SMILES string of the molecule is O=C(CCn1c(=O)c2ccccc2n(Cc2ccc(Cl)cc2)c1=O)NCc1ccccc1Cl. The minimum Gasteiger partial charge on any atom is -0.352 e. The monoisotopic (exact) mass is 481 g/mol. The average molecular weight is 482 g/mol. The van der Waals surface area contributed by atoms with Gasteiger partial charge in [-0.05, 0) is 41.5 Å². The number of rotatable bonds is 7. The second-order valence-corrected chi connectivity index (χ2v) is 8.43. The first-order valence-corrected chi connectivity index (χ1v) is 11.2. The summed E-state index contributed by atoms with van der Waals surface area (Å²) in [6.45, 7) is 0.513. The molecule has 0 unspecified atom stereocenters. The van der Waals surface area contributed by atoms with Gasteiger partial charge in [0, 0.05) is 29.6 Å². The maximum Gasteiger partial charge on any atom is 0.331 e. The number of amides is 1. The first kappa shape index (κ1) is 22.8. The van der Waals surface area contributed by atoms with Crippen molar-refractivity contribution in [2.45, 2.75) is 26.1 Å². The lowest BCUT2D eigenvalue weighted by Crippen LogP contribution is -2.41. The highest BCUT2D eigenvalue weighted by atomic mass is 35.5. The van der Waals surface area contributed by atoms with Crippen molar-refractivity contribution in [2.24, 2.45) is 0 Å². The summed E-state index contributed by atoms with van der Waals surface area (Å²) >= 11 is 12.1. The van der Waals surface area contributed by atoms with E-state index in [2.05, 4.69) is 5.32 Å². The maximum absolute atomic E-state index is 13.3. The number of nitrogens with zero attached hydrogens (tertiary/aromatic N) is 2. The van der Waals surface area contributed by atoms with Gasteiger partial charge in [0.2, 0.25) is 5.91 Å². The van der Waals surface area contributed by atoms with Gasteiger partial charge in [0.25, 0.3) is 5.56 Å². The first-order valence-electron chi connectivity index (χ1n) is 10.4. The third-order valence-electron chi connectivity index (χ3n) is 5.38. The Morgan fingerprint density at radius 1 is 0.848 bits per heavy atom. The van der Waals surface area contributed by atoms with E-state index in [1.54, 1.807) is 47.0 Å². The summed E-state index contributed by atoms with van der Waals surface area (Å²) < 4.78 is 2.66. The molecule has 0 spiro atoms. The van der Waals surface area contributed by atoms with Crippen molar-refractivity contribution in [3.63, 3.8) is 0 Å². The predicted molar refractivity (Wildman–Crippen MR) is 131 cm³/mol. The summed E-state index contributed by atoms with van der Waals surface area (Å²) in [6.07, 6.45) is -0.0150. The zero-order valence-corrected chi connectivity index (χ0v) is 19.1. The predicted octanol–water partition coefficient (Wildman–Crippen LogP) is 4.22. The molecule has 0 fully saturated rings. The number of hydrogen-bond donors (Lipinski definition) is 1. The van der Waals surface area contributed by atoms with Gasteiger partial charge in [-0.15, -0.1) is 0 Å². The molecule has 0 aliphatic carbocycles. The Morgan fingerprint density at radius 2 is 1.55 bits per heavy atom. The minimum atomic E-state index is -0.465. The van der Waals surface area contributed by atoms with Crippen LogP contribution in [0.25, 0.3) is 10.9 Å². The van der Waals surface area contributed by atoms with Crippen molar-refractivity contribution >= 4 is 40.0 Å². The molecule has 0 aliphatic heterocycles. The Morgan fingerprint density at radius 3 is 2.30 bits per heavy atom. The van der Waals surface area contributed by atoms with E-state index in [9.17, 15) is 14.4 Å². The Balaban J connectivity index is 1.59. The van der Waals surface area contributed by atoms with E-state index in [0.29, 0.717) is 20.9 Å². The third-order valence-corrected chi connectivity index (χ3v) is 6.00. The fraction of sp³-hybridized carbons (Fsp3) is 0.160. The maximum atomic E-state index is 13.3. The summed E-state index contributed by atoms with van der Waals surface area (Å²) in [4.78, 5) is 38.7. The molecule has 6 nitrogen and oxygen atoms in total. The molecule has 0 radical (unpaired) electrons. The second-order valence-electron chi connectivity index (χ2n) is 7.59. The van der Waals surface area contributed by atoms with Crippen LogP contribution in [0.15, 0.2) is 82.4 Å². The lowest BCUT2D eigenvalue weighted by molar-refractivity contribution is -0.121. The van der Waals surface area contributed by atoms with Gasteiger partial charge in [0.05, 0.1) is 17.4 Å². The molecule has 0 bridgehead atoms. The van der Waals surface area contributed by atoms with Crippen molar-refractivity contribution in [3.05, 3.63) is 115 Å². The Labute approximate surface area is 200 Å². The molecule has 4 rings (SSSR count). The highest BCUT2D eigenvalue weighted by Crippen LogP contribution is 2.15. The van der Waals surface area contributed by atoms with Crippen LogP contribution in [0.2, 0.25) is 10.0 Å². The highest BCUT2D eigenvalue weighted by molar-refractivity contribution is 6.31. The van der Waals surface area contributed by atoms with Crippen LogP contribution in [0, 0.1) is 0 Å². The van der Waals surface area contributed by atoms with E-state index in [-0.39, 0.29) is 32.0 Å². The van der Waals surface area contributed by atoms with E-state index in [4.69, 9.17) is 23.2 Å². The number of nitrogens with one attached hydrogen (secondary N) is 1. The van der Waals surface area contributed by atoms with E-state index >= 15 is 0 Å². The highest BCUT2D eigenvalue weighted by Gasteiger charge is 2.14. The Kier molecular flexibility index (Phi) is 6.96. The molecule has 1 N–H and O–H groups in total. The molecule has 168 valence electrons. The number of carbonyl (C=O) groups is 1. The van der Waals surface area contributed by atoms with E-state index in [1.165, 1.54) is 0 Å². The largest absolute Gasteiger partial charge is 0.352 e. The van der Waals surface area contributed by atoms with Crippen molar-refractivity contribution in [3.8, 4) is 0 Å². The van der Waals surface area contributed by atoms with Crippen molar-refractivity contribution < 1.29 is 4.79 Å². The van der Waals surface area contributed by atoms with Gasteiger partial charge in [-0.25, -0.2) is 4.79 Å². The number of fused-ring (bicyclic) bond motifs is 1. The van der Waals surface area contributed by atoms with Gasteiger partial charge in [-0.2, -0.15) is 0 Å². The van der Waals surface area contributed by atoms with Crippen LogP contribution >= 0.6 is 23.2 Å². The molecule has 0 saturated heterocycles. The normalized spacial score (nSPS) is 11.0. The zero-order valence-electron chi connectivity index (χ0n) is 17.6. The van der Waals surface area contributed by atoms with E-state index in [0.717, 1.165) is 15.7 Å². The van der Waals surface area contributed by atoms with Gasteiger partial charge in [0.1, 0.15) is 0 Å². The topological polar surface area (TPSA) is 73.1 Å².